The molecule has 1 aliphatic heterocycles. The second-order valence-electron chi connectivity index (χ2n) is 3.74. The van der Waals surface area contributed by atoms with Gasteiger partial charge in [0.15, 0.2) is 0 Å². The van der Waals surface area contributed by atoms with Crippen molar-refractivity contribution < 1.29 is 14.6 Å². The zero-order valence-corrected chi connectivity index (χ0v) is 8.99. The Kier molecular flexibility index (Phi) is 2.57. The number of ether oxygens (including phenoxy) is 1. The van der Waals surface area contributed by atoms with Crippen LogP contribution in [0.1, 0.15) is 24.8 Å². The Balaban J connectivity index is 2.47. The summed E-state index contributed by atoms with van der Waals surface area (Å²) in [5, 5.41) is 9.63. The number of halogens is 1. The average Bonchev–Trinajstić information content (AvgIpc) is 2.17. The normalized spacial score (nSPS) is 24.1. The van der Waals surface area contributed by atoms with Gasteiger partial charge in [0.25, 0.3) is 0 Å². The van der Waals surface area contributed by atoms with Gasteiger partial charge in [0.1, 0.15) is 5.75 Å². The molecule has 80 valence electrons. The molecule has 0 amide bonds. The fourth-order valence-electron chi connectivity index (χ4n) is 1.86. The molecule has 2 unspecified atom stereocenters. The van der Waals surface area contributed by atoms with Crippen LogP contribution in [0.2, 0.25) is 5.02 Å². The van der Waals surface area contributed by atoms with E-state index in [4.69, 9.17) is 21.4 Å². The number of carboxylic acids is 1. The van der Waals surface area contributed by atoms with Crippen molar-refractivity contribution in [2.75, 3.05) is 0 Å². The lowest BCUT2D eigenvalue weighted by Crippen LogP contribution is -2.27. The highest BCUT2D eigenvalue weighted by Gasteiger charge is 2.31. The second-order valence-corrected chi connectivity index (χ2v) is 4.17. The maximum Gasteiger partial charge on any atom is 0.311 e. The fourth-order valence-corrected chi connectivity index (χ4v) is 2.04. The van der Waals surface area contributed by atoms with E-state index in [2.05, 4.69) is 0 Å². The molecule has 3 nitrogen and oxygen atoms in total. The first-order chi connectivity index (χ1) is 7.08. The molecular weight excluding hydrogens is 216 g/mol. The van der Waals surface area contributed by atoms with Crippen molar-refractivity contribution in [3.8, 4) is 5.75 Å². The summed E-state index contributed by atoms with van der Waals surface area (Å²) in [5.41, 5.74) is 0.674. The molecule has 0 spiro atoms. The Morgan fingerprint density at radius 3 is 3.00 bits per heavy atom. The van der Waals surface area contributed by atoms with E-state index in [1.807, 2.05) is 6.92 Å². The molecule has 2 atom stereocenters. The van der Waals surface area contributed by atoms with Gasteiger partial charge in [-0.2, -0.15) is 0 Å². The van der Waals surface area contributed by atoms with Gasteiger partial charge in [0, 0.05) is 17.0 Å². The van der Waals surface area contributed by atoms with Crippen molar-refractivity contribution in [2.45, 2.75) is 25.4 Å². The molecule has 15 heavy (non-hydrogen) atoms. The summed E-state index contributed by atoms with van der Waals surface area (Å²) in [6, 6.07) is 5.10. The lowest BCUT2D eigenvalue weighted by Gasteiger charge is -2.28. The Bertz CT molecular complexity index is 403. The van der Waals surface area contributed by atoms with E-state index in [1.54, 1.807) is 18.2 Å². The minimum atomic E-state index is -0.825. The first kappa shape index (κ1) is 10.3. The minimum absolute atomic E-state index is 0.0697. The summed E-state index contributed by atoms with van der Waals surface area (Å²) < 4.78 is 5.55. The van der Waals surface area contributed by atoms with Crippen molar-refractivity contribution in [2.24, 2.45) is 0 Å². The van der Waals surface area contributed by atoms with Crippen LogP contribution in [0, 0.1) is 0 Å². The summed E-state index contributed by atoms with van der Waals surface area (Å²) in [6.07, 6.45) is 0.419. The molecule has 0 saturated carbocycles. The maximum atomic E-state index is 11.1. The molecule has 0 saturated heterocycles. The first-order valence-electron chi connectivity index (χ1n) is 4.77. The third-order valence-electron chi connectivity index (χ3n) is 2.54. The highest BCUT2D eigenvalue weighted by atomic mass is 35.5. The summed E-state index contributed by atoms with van der Waals surface area (Å²) in [6.45, 7) is 1.87. The topological polar surface area (TPSA) is 46.5 Å². The maximum absolute atomic E-state index is 11.1. The molecule has 0 fully saturated rings. The van der Waals surface area contributed by atoms with Gasteiger partial charge < -0.3 is 9.84 Å². The predicted octanol–water partition coefficient (Wildman–Crippen LogP) is 2.68. The molecular formula is C11H11ClO3. The SMILES string of the molecule is CC1CC(C(=O)O)c2cc(Cl)ccc2O1. The van der Waals surface area contributed by atoms with Gasteiger partial charge in [-0.05, 0) is 25.1 Å². The van der Waals surface area contributed by atoms with Crippen LogP contribution in [0.15, 0.2) is 18.2 Å². The number of carbonyl (C=O) groups is 1. The van der Waals surface area contributed by atoms with E-state index in [0.29, 0.717) is 22.8 Å². The van der Waals surface area contributed by atoms with Gasteiger partial charge in [0.05, 0.1) is 12.0 Å². The molecule has 0 aliphatic carbocycles. The lowest BCUT2D eigenvalue weighted by molar-refractivity contribution is -0.139. The van der Waals surface area contributed by atoms with Crippen LogP contribution in [0.5, 0.6) is 5.75 Å². The van der Waals surface area contributed by atoms with Gasteiger partial charge in [0.2, 0.25) is 0 Å². The van der Waals surface area contributed by atoms with Crippen molar-refractivity contribution in [3.05, 3.63) is 28.8 Å². The smallest absolute Gasteiger partial charge is 0.311 e. The van der Waals surface area contributed by atoms with Crippen LogP contribution in [0.4, 0.5) is 0 Å². The molecule has 1 aliphatic rings. The number of hydrogen-bond acceptors (Lipinski definition) is 2. The van der Waals surface area contributed by atoms with E-state index >= 15 is 0 Å². The lowest BCUT2D eigenvalue weighted by atomic mass is 9.90. The molecule has 1 heterocycles. The van der Waals surface area contributed by atoms with Gasteiger partial charge >= 0.3 is 5.97 Å². The molecule has 1 N–H and O–H groups in total. The van der Waals surface area contributed by atoms with Gasteiger partial charge in [-0.1, -0.05) is 11.6 Å². The summed E-state index contributed by atoms with van der Waals surface area (Å²) >= 11 is 5.83. The molecule has 1 aromatic carbocycles. The molecule has 0 aromatic heterocycles. The highest BCUT2D eigenvalue weighted by molar-refractivity contribution is 6.30. The minimum Gasteiger partial charge on any atom is -0.490 e. The number of benzene rings is 1. The van der Waals surface area contributed by atoms with Crippen LogP contribution < -0.4 is 4.74 Å². The monoisotopic (exact) mass is 226 g/mol. The van der Waals surface area contributed by atoms with Gasteiger partial charge in [-0.15, -0.1) is 0 Å². The van der Waals surface area contributed by atoms with Crippen LogP contribution >= 0.6 is 11.6 Å². The summed E-state index contributed by atoms with van der Waals surface area (Å²) in [4.78, 5) is 11.1. The Morgan fingerprint density at radius 1 is 1.60 bits per heavy atom. The van der Waals surface area contributed by atoms with Crippen molar-refractivity contribution in [3.63, 3.8) is 0 Å². The zero-order valence-electron chi connectivity index (χ0n) is 8.24. The van der Waals surface area contributed by atoms with Gasteiger partial charge in [-0.25, -0.2) is 0 Å². The number of hydrogen-bond donors (Lipinski definition) is 1. The molecule has 0 bridgehead atoms. The largest absolute Gasteiger partial charge is 0.490 e. The van der Waals surface area contributed by atoms with E-state index in [9.17, 15) is 4.79 Å². The van der Waals surface area contributed by atoms with Crippen molar-refractivity contribution in [1.29, 1.82) is 0 Å². The van der Waals surface area contributed by atoms with E-state index in [-0.39, 0.29) is 6.10 Å². The van der Waals surface area contributed by atoms with E-state index in [1.165, 1.54) is 0 Å². The summed E-state index contributed by atoms with van der Waals surface area (Å²) in [7, 11) is 0. The van der Waals surface area contributed by atoms with E-state index in [0.717, 1.165) is 0 Å². The van der Waals surface area contributed by atoms with Crippen molar-refractivity contribution >= 4 is 17.6 Å². The first-order valence-corrected chi connectivity index (χ1v) is 5.14. The average molecular weight is 227 g/mol. The standard InChI is InChI=1S/C11H11ClO3/c1-6-4-9(11(13)14)8-5-7(12)2-3-10(8)15-6/h2-3,5-6,9H,4H2,1H3,(H,13,14). The molecule has 0 radical (unpaired) electrons. The van der Waals surface area contributed by atoms with E-state index < -0.39 is 11.9 Å². The third kappa shape index (κ3) is 1.92. The Hall–Kier alpha value is -1.22. The Morgan fingerprint density at radius 2 is 2.33 bits per heavy atom. The Labute approximate surface area is 92.6 Å². The van der Waals surface area contributed by atoms with Gasteiger partial charge in [-0.3, -0.25) is 4.79 Å². The number of rotatable bonds is 1. The highest BCUT2D eigenvalue weighted by Crippen LogP contribution is 2.37. The fraction of sp³-hybridized carbons (Fsp3) is 0.364. The van der Waals surface area contributed by atoms with Crippen LogP contribution in [-0.4, -0.2) is 17.2 Å². The second kappa shape index (κ2) is 3.74. The third-order valence-corrected chi connectivity index (χ3v) is 2.78. The molecule has 1 aromatic rings. The molecule has 4 heteroatoms. The van der Waals surface area contributed by atoms with Crippen LogP contribution in [0.25, 0.3) is 0 Å². The molecule has 2 rings (SSSR count). The van der Waals surface area contributed by atoms with Crippen LogP contribution in [0.3, 0.4) is 0 Å². The predicted molar refractivity (Wildman–Crippen MR) is 56.5 cm³/mol. The number of carboxylic acid groups (broad SMARTS) is 1. The quantitative estimate of drug-likeness (QED) is 0.801. The summed E-state index contributed by atoms with van der Waals surface area (Å²) in [5.74, 6) is -0.707. The number of aliphatic carboxylic acids is 1. The van der Waals surface area contributed by atoms with Crippen molar-refractivity contribution in [1.82, 2.24) is 0 Å². The van der Waals surface area contributed by atoms with Crippen LogP contribution in [-0.2, 0) is 4.79 Å². The zero-order chi connectivity index (χ0) is 11.0. The number of fused-ring (bicyclic) bond motifs is 1.